The summed E-state index contributed by atoms with van der Waals surface area (Å²) in [5.41, 5.74) is 3.21. The summed E-state index contributed by atoms with van der Waals surface area (Å²) in [5, 5.41) is 0. The van der Waals surface area contributed by atoms with Crippen LogP contribution in [0, 0.1) is 13.8 Å². The molecule has 1 aromatic rings. The van der Waals surface area contributed by atoms with E-state index in [0.29, 0.717) is 0 Å². The molecule has 0 amide bonds. The zero-order valence-electron chi connectivity index (χ0n) is 8.25. The summed E-state index contributed by atoms with van der Waals surface area (Å²) in [4.78, 5) is 11.2. The summed E-state index contributed by atoms with van der Waals surface area (Å²) in [6, 6.07) is 0. The van der Waals surface area contributed by atoms with Gasteiger partial charge in [-0.25, -0.2) is 0 Å². The van der Waals surface area contributed by atoms with Gasteiger partial charge in [-0.15, -0.1) is 0 Å². The average Bonchev–Trinajstić information content (AvgIpc) is 1.99. The quantitative estimate of drug-likeness (QED) is 0.681. The predicted molar refractivity (Wildman–Crippen MR) is 51.4 cm³/mol. The maximum absolute atomic E-state index is 4.40. The van der Waals surface area contributed by atoms with Crippen LogP contribution in [0.25, 0.3) is 0 Å². The first-order valence-electron chi connectivity index (χ1n) is 4.77. The van der Waals surface area contributed by atoms with E-state index in [1.807, 2.05) is 20.0 Å². The number of aromatic nitrogens is 2. The summed E-state index contributed by atoms with van der Waals surface area (Å²) in [6.07, 6.45) is 3.18. The molecule has 1 saturated heterocycles. The van der Waals surface area contributed by atoms with Gasteiger partial charge in [-0.1, -0.05) is 0 Å². The van der Waals surface area contributed by atoms with Crippen molar-refractivity contribution in [3.63, 3.8) is 0 Å². The molecule has 2 rings (SSSR count). The van der Waals surface area contributed by atoms with Crippen molar-refractivity contribution in [1.82, 2.24) is 14.9 Å². The maximum atomic E-state index is 4.40. The van der Waals surface area contributed by atoms with Gasteiger partial charge in [0.1, 0.15) is 0 Å². The van der Waals surface area contributed by atoms with E-state index in [9.17, 15) is 0 Å². The number of hydrogen-bond acceptors (Lipinski definition) is 3. The Kier molecular flexibility index (Phi) is 2.27. The third-order valence-electron chi connectivity index (χ3n) is 2.49. The van der Waals surface area contributed by atoms with E-state index in [1.54, 1.807) is 0 Å². The van der Waals surface area contributed by atoms with Crippen LogP contribution in [-0.4, -0.2) is 28.0 Å². The van der Waals surface area contributed by atoms with Crippen molar-refractivity contribution in [2.24, 2.45) is 0 Å². The number of aryl methyl sites for hydroxylation is 2. The minimum absolute atomic E-state index is 0.971. The van der Waals surface area contributed by atoms with Gasteiger partial charge < -0.3 is 0 Å². The summed E-state index contributed by atoms with van der Waals surface area (Å²) in [6.45, 7) is 7.42. The van der Waals surface area contributed by atoms with Crippen molar-refractivity contribution in [1.29, 1.82) is 0 Å². The molecule has 0 atom stereocenters. The van der Waals surface area contributed by atoms with Crippen LogP contribution in [0.4, 0.5) is 0 Å². The van der Waals surface area contributed by atoms with Crippen LogP contribution in [0.5, 0.6) is 0 Å². The Hall–Kier alpha value is -0.960. The first-order chi connectivity index (χ1) is 6.25. The zero-order valence-corrected chi connectivity index (χ0v) is 8.25. The van der Waals surface area contributed by atoms with Gasteiger partial charge in [-0.3, -0.25) is 14.9 Å². The molecule has 3 heteroatoms. The zero-order chi connectivity index (χ0) is 9.26. The highest BCUT2D eigenvalue weighted by Crippen LogP contribution is 2.12. The van der Waals surface area contributed by atoms with E-state index in [-0.39, 0.29) is 0 Å². The first kappa shape index (κ1) is 8.63. The van der Waals surface area contributed by atoms with Crippen molar-refractivity contribution < 1.29 is 0 Å². The van der Waals surface area contributed by atoms with Crippen LogP contribution in [0.3, 0.4) is 0 Å². The van der Waals surface area contributed by atoms with Crippen molar-refractivity contribution in [3.05, 3.63) is 23.3 Å². The molecule has 0 spiro atoms. The molecule has 0 aliphatic carbocycles. The lowest BCUT2D eigenvalue weighted by molar-refractivity contribution is 0.170. The minimum Gasteiger partial charge on any atom is -0.297 e. The van der Waals surface area contributed by atoms with Gasteiger partial charge in [0.25, 0.3) is 0 Å². The monoisotopic (exact) mass is 177 g/mol. The molecular formula is C10H15N3. The molecule has 0 aromatic carbocycles. The first-order valence-corrected chi connectivity index (χ1v) is 4.77. The van der Waals surface area contributed by atoms with Crippen LogP contribution in [-0.2, 0) is 6.54 Å². The summed E-state index contributed by atoms with van der Waals surface area (Å²) < 4.78 is 0. The highest BCUT2D eigenvalue weighted by Gasteiger charge is 2.15. The maximum Gasteiger partial charge on any atom is 0.0756 e. The van der Waals surface area contributed by atoms with Gasteiger partial charge in [-0.2, -0.15) is 0 Å². The molecule has 70 valence electrons. The fraction of sp³-hybridized carbons (Fsp3) is 0.600. The molecule has 2 heterocycles. The van der Waals surface area contributed by atoms with E-state index >= 15 is 0 Å². The van der Waals surface area contributed by atoms with Crippen LogP contribution < -0.4 is 0 Å². The Morgan fingerprint density at radius 1 is 1.38 bits per heavy atom. The van der Waals surface area contributed by atoms with Gasteiger partial charge in [0.15, 0.2) is 0 Å². The van der Waals surface area contributed by atoms with Crippen LogP contribution >= 0.6 is 0 Å². The fourth-order valence-corrected chi connectivity index (χ4v) is 1.53. The molecule has 3 nitrogen and oxygen atoms in total. The molecule has 0 N–H and O–H groups in total. The van der Waals surface area contributed by atoms with Gasteiger partial charge in [0.05, 0.1) is 17.1 Å². The van der Waals surface area contributed by atoms with Crippen LogP contribution in [0.1, 0.15) is 23.5 Å². The Bertz CT molecular complexity index is 305. The average molecular weight is 177 g/mol. The van der Waals surface area contributed by atoms with Crippen LogP contribution in [0.15, 0.2) is 6.20 Å². The molecule has 0 bridgehead atoms. The number of hydrogen-bond donors (Lipinski definition) is 0. The van der Waals surface area contributed by atoms with E-state index in [4.69, 9.17) is 0 Å². The molecule has 1 aliphatic heterocycles. The fourth-order valence-electron chi connectivity index (χ4n) is 1.53. The van der Waals surface area contributed by atoms with E-state index in [0.717, 1.165) is 23.6 Å². The topological polar surface area (TPSA) is 29.0 Å². The van der Waals surface area contributed by atoms with Gasteiger partial charge in [0, 0.05) is 12.7 Å². The van der Waals surface area contributed by atoms with Gasteiger partial charge >= 0.3 is 0 Å². The minimum atomic E-state index is 0.971. The number of likely N-dealkylation sites (tertiary alicyclic amines) is 1. The largest absolute Gasteiger partial charge is 0.297 e. The standard InChI is InChI=1S/C10H15N3/c1-8-6-11-10(9(2)12-8)7-13-4-3-5-13/h6H,3-5,7H2,1-2H3. The number of rotatable bonds is 2. The predicted octanol–water partition coefficient (Wildman–Crippen LogP) is 1.30. The van der Waals surface area contributed by atoms with Crippen molar-refractivity contribution in [3.8, 4) is 0 Å². The van der Waals surface area contributed by atoms with E-state index in [1.165, 1.54) is 19.5 Å². The lowest BCUT2D eigenvalue weighted by atomic mass is 10.2. The van der Waals surface area contributed by atoms with Gasteiger partial charge in [-0.05, 0) is 33.4 Å². The van der Waals surface area contributed by atoms with E-state index in [2.05, 4.69) is 14.9 Å². The summed E-state index contributed by atoms with van der Waals surface area (Å²) >= 11 is 0. The molecule has 1 fully saturated rings. The lowest BCUT2D eigenvalue weighted by Crippen LogP contribution is -2.36. The molecule has 0 radical (unpaired) electrons. The van der Waals surface area contributed by atoms with E-state index < -0.39 is 0 Å². The highest BCUT2D eigenvalue weighted by atomic mass is 15.2. The lowest BCUT2D eigenvalue weighted by Gasteiger charge is -2.30. The van der Waals surface area contributed by atoms with Gasteiger partial charge in [0.2, 0.25) is 0 Å². The molecule has 0 saturated carbocycles. The highest BCUT2D eigenvalue weighted by molar-refractivity contribution is 5.11. The normalized spacial score (nSPS) is 17.1. The second-order valence-corrected chi connectivity index (χ2v) is 3.67. The SMILES string of the molecule is Cc1cnc(CN2CCC2)c(C)n1. The molecule has 13 heavy (non-hydrogen) atoms. The smallest absolute Gasteiger partial charge is 0.0756 e. The molecule has 1 aromatic heterocycles. The summed E-state index contributed by atoms with van der Waals surface area (Å²) in [7, 11) is 0. The second kappa shape index (κ2) is 3.42. The molecule has 0 unspecified atom stereocenters. The Morgan fingerprint density at radius 3 is 2.69 bits per heavy atom. The third-order valence-corrected chi connectivity index (χ3v) is 2.49. The molecular weight excluding hydrogens is 162 g/mol. The second-order valence-electron chi connectivity index (χ2n) is 3.67. The Labute approximate surface area is 78.8 Å². The number of nitrogens with zero attached hydrogens (tertiary/aromatic N) is 3. The third kappa shape index (κ3) is 1.86. The van der Waals surface area contributed by atoms with Crippen molar-refractivity contribution >= 4 is 0 Å². The van der Waals surface area contributed by atoms with Crippen molar-refractivity contribution in [2.45, 2.75) is 26.8 Å². The van der Waals surface area contributed by atoms with Crippen molar-refractivity contribution in [2.75, 3.05) is 13.1 Å². The van der Waals surface area contributed by atoms with Crippen LogP contribution in [0.2, 0.25) is 0 Å². The Balaban J connectivity index is 2.10. The summed E-state index contributed by atoms with van der Waals surface area (Å²) in [5.74, 6) is 0. The molecule has 1 aliphatic rings. The Morgan fingerprint density at radius 2 is 2.15 bits per heavy atom.